The van der Waals surface area contributed by atoms with Crippen molar-refractivity contribution >= 4 is 5.97 Å². The molecule has 1 aromatic rings. The summed E-state index contributed by atoms with van der Waals surface area (Å²) in [6.07, 6.45) is 6.37. The number of nitrogens with two attached hydrogens (primary N) is 1. The molecule has 5 nitrogen and oxygen atoms in total. The highest BCUT2D eigenvalue weighted by Gasteiger charge is 2.38. The highest BCUT2D eigenvalue weighted by molar-refractivity contribution is 5.75. The number of fused-ring (bicyclic) bond motifs is 1. The lowest BCUT2D eigenvalue weighted by atomic mass is 9.76. The van der Waals surface area contributed by atoms with Crippen LogP contribution in [0.1, 0.15) is 44.6 Å². The SMILES string of the molecule is CC(C)CC(CN)(Cc1cn2c(n1)CCCC2)C(=O)O. The normalized spacial score (nSPS) is 17.8. The van der Waals surface area contributed by atoms with Crippen molar-refractivity contribution in [2.45, 2.75) is 52.5 Å². The molecule has 3 N–H and O–H groups in total. The minimum Gasteiger partial charge on any atom is -0.481 e. The maximum atomic E-state index is 11.7. The number of aromatic nitrogens is 2. The third-order valence-corrected chi connectivity index (χ3v) is 4.12. The Balaban J connectivity index is 2.22. The van der Waals surface area contributed by atoms with Gasteiger partial charge in [-0.05, 0) is 25.2 Å². The van der Waals surface area contributed by atoms with E-state index in [0.717, 1.165) is 24.5 Å². The number of hydrogen-bond acceptors (Lipinski definition) is 3. The lowest BCUT2D eigenvalue weighted by Crippen LogP contribution is -2.41. The van der Waals surface area contributed by atoms with Gasteiger partial charge in [0.2, 0.25) is 0 Å². The molecular weight excluding hydrogens is 254 g/mol. The fraction of sp³-hybridized carbons (Fsp3) is 0.733. The van der Waals surface area contributed by atoms with Crippen molar-refractivity contribution in [2.75, 3.05) is 6.54 Å². The van der Waals surface area contributed by atoms with Crippen LogP contribution < -0.4 is 5.73 Å². The summed E-state index contributed by atoms with van der Waals surface area (Å²) in [7, 11) is 0. The molecule has 0 radical (unpaired) electrons. The fourth-order valence-corrected chi connectivity index (χ4v) is 3.16. The number of imidazole rings is 1. The quantitative estimate of drug-likeness (QED) is 0.832. The van der Waals surface area contributed by atoms with Crippen LogP contribution in [0.4, 0.5) is 0 Å². The van der Waals surface area contributed by atoms with E-state index in [1.807, 2.05) is 20.0 Å². The summed E-state index contributed by atoms with van der Waals surface area (Å²) < 4.78 is 2.16. The lowest BCUT2D eigenvalue weighted by Gasteiger charge is -2.29. The van der Waals surface area contributed by atoms with Crippen LogP contribution in [0, 0.1) is 11.3 Å². The second-order valence-corrected chi connectivity index (χ2v) is 6.36. The Hall–Kier alpha value is -1.36. The number of aryl methyl sites for hydroxylation is 2. The van der Waals surface area contributed by atoms with Crippen LogP contribution >= 0.6 is 0 Å². The zero-order valence-electron chi connectivity index (χ0n) is 12.4. The zero-order chi connectivity index (χ0) is 14.8. The summed E-state index contributed by atoms with van der Waals surface area (Å²) in [6.45, 7) is 5.22. The van der Waals surface area contributed by atoms with Gasteiger partial charge < -0.3 is 15.4 Å². The molecule has 2 heterocycles. The lowest BCUT2D eigenvalue weighted by molar-refractivity contribution is -0.149. The topological polar surface area (TPSA) is 81.1 Å². The van der Waals surface area contributed by atoms with E-state index < -0.39 is 11.4 Å². The van der Waals surface area contributed by atoms with E-state index in [-0.39, 0.29) is 6.54 Å². The molecule has 0 aromatic carbocycles. The Kier molecular flexibility index (Phi) is 4.48. The molecule has 1 aromatic heterocycles. The van der Waals surface area contributed by atoms with Gasteiger partial charge in [0.1, 0.15) is 5.82 Å². The summed E-state index contributed by atoms with van der Waals surface area (Å²) in [5, 5.41) is 9.62. The largest absolute Gasteiger partial charge is 0.481 e. The molecule has 0 aliphatic carbocycles. The molecule has 1 aliphatic heterocycles. The van der Waals surface area contributed by atoms with E-state index in [0.29, 0.717) is 18.8 Å². The highest BCUT2D eigenvalue weighted by Crippen LogP contribution is 2.30. The fourth-order valence-electron chi connectivity index (χ4n) is 3.16. The van der Waals surface area contributed by atoms with E-state index in [4.69, 9.17) is 5.73 Å². The highest BCUT2D eigenvalue weighted by atomic mass is 16.4. The number of hydrogen-bond donors (Lipinski definition) is 2. The van der Waals surface area contributed by atoms with Crippen LogP contribution in [-0.4, -0.2) is 27.2 Å². The summed E-state index contributed by atoms with van der Waals surface area (Å²) in [6, 6.07) is 0. The van der Waals surface area contributed by atoms with Gasteiger partial charge in [-0.2, -0.15) is 0 Å². The number of carboxylic acid groups (broad SMARTS) is 1. The van der Waals surface area contributed by atoms with Gasteiger partial charge in [-0.15, -0.1) is 0 Å². The third kappa shape index (κ3) is 3.03. The Bertz CT molecular complexity index is 458. The number of carbonyl (C=O) groups is 1. The van der Waals surface area contributed by atoms with Gasteiger partial charge in [-0.1, -0.05) is 13.8 Å². The van der Waals surface area contributed by atoms with Crippen molar-refractivity contribution in [3.05, 3.63) is 17.7 Å². The molecule has 0 amide bonds. The van der Waals surface area contributed by atoms with Crippen molar-refractivity contribution in [3.63, 3.8) is 0 Å². The van der Waals surface area contributed by atoms with Crippen LogP contribution in [0.15, 0.2) is 6.20 Å². The van der Waals surface area contributed by atoms with E-state index in [1.54, 1.807) is 0 Å². The van der Waals surface area contributed by atoms with Crippen LogP contribution in [0.2, 0.25) is 0 Å². The van der Waals surface area contributed by atoms with Crippen LogP contribution in [-0.2, 0) is 24.2 Å². The Morgan fingerprint density at radius 2 is 2.30 bits per heavy atom. The van der Waals surface area contributed by atoms with E-state index >= 15 is 0 Å². The Morgan fingerprint density at radius 3 is 2.85 bits per heavy atom. The maximum Gasteiger partial charge on any atom is 0.311 e. The van der Waals surface area contributed by atoms with E-state index in [2.05, 4.69) is 9.55 Å². The molecule has 2 rings (SSSR count). The van der Waals surface area contributed by atoms with Gasteiger partial charge in [-0.25, -0.2) is 4.98 Å². The standard InChI is InChI=1S/C15H25N3O2/c1-11(2)7-15(10-16,14(19)20)8-12-9-18-6-4-3-5-13(18)17-12/h9,11H,3-8,10,16H2,1-2H3,(H,19,20). The van der Waals surface area contributed by atoms with Gasteiger partial charge >= 0.3 is 5.97 Å². The molecule has 112 valence electrons. The first-order valence-corrected chi connectivity index (χ1v) is 7.45. The Labute approximate surface area is 120 Å². The average Bonchev–Trinajstić information content (AvgIpc) is 2.78. The molecule has 0 saturated heterocycles. The summed E-state index contributed by atoms with van der Waals surface area (Å²) in [4.78, 5) is 16.3. The number of aliphatic carboxylic acids is 1. The first-order valence-electron chi connectivity index (χ1n) is 7.45. The molecule has 0 fully saturated rings. The van der Waals surface area contributed by atoms with E-state index in [1.165, 1.54) is 12.8 Å². The zero-order valence-corrected chi connectivity index (χ0v) is 12.4. The maximum absolute atomic E-state index is 11.7. The van der Waals surface area contributed by atoms with Gasteiger partial charge in [-0.3, -0.25) is 4.79 Å². The van der Waals surface area contributed by atoms with Crippen molar-refractivity contribution in [1.29, 1.82) is 0 Å². The van der Waals surface area contributed by atoms with Gasteiger partial charge in [0.25, 0.3) is 0 Å². The molecule has 0 spiro atoms. The predicted molar refractivity (Wildman–Crippen MR) is 77.4 cm³/mol. The van der Waals surface area contributed by atoms with Gasteiger partial charge in [0, 0.05) is 32.1 Å². The van der Waals surface area contributed by atoms with Crippen molar-refractivity contribution in [2.24, 2.45) is 17.1 Å². The second kappa shape index (κ2) is 5.95. The number of carboxylic acids is 1. The first-order chi connectivity index (χ1) is 9.47. The van der Waals surface area contributed by atoms with Crippen molar-refractivity contribution in [1.82, 2.24) is 9.55 Å². The van der Waals surface area contributed by atoms with Gasteiger partial charge in [0.15, 0.2) is 0 Å². The molecule has 5 heteroatoms. The molecular formula is C15H25N3O2. The Morgan fingerprint density at radius 1 is 1.55 bits per heavy atom. The number of rotatable bonds is 6. The first kappa shape index (κ1) is 15.0. The number of nitrogens with zero attached hydrogens (tertiary/aromatic N) is 2. The molecule has 1 aliphatic rings. The molecule has 1 atom stereocenters. The van der Waals surface area contributed by atoms with Crippen molar-refractivity contribution < 1.29 is 9.90 Å². The van der Waals surface area contributed by atoms with Crippen LogP contribution in [0.25, 0.3) is 0 Å². The van der Waals surface area contributed by atoms with Crippen molar-refractivity contribution in [3.8, 4) is 0 Å². The monoisotopic (exact) mass is 279 g/mol. The minimum absolute atomic E-state index is 0.155. The molecule has 0 bridgehead atoms. The second-order valence-electron chi connectivity index (χ2n) is 6.36. The van der Waals surface area contributed by atoms with Gasteiger partial charge in [0.05, 0.1) is 11.1 Å². The molecule has 1 unspecified atom stereocenters. The predicted octanol–water partition coefficient (Wildman–Crippen LogP) is 1.84. The minimum atomic E-state index is -0.890. The summed E-state index contributed by atoms with van der Waals surface area (Å²) in [5.74, 6) is 0.582. The molecule has 20 heavy (non-hydrogen) atoms. The van der Waals surface area contributed by atoms with E-state index in [9.17, 15) is 9.90 Å². The molecule has 0 saturated carbocycles. The third-order valence-electron chi connectivity index (χ3n) is 4.12. The summed E-state index contributed by atoms with van der Waals surface area (Å²) in [5.41, 5.74) is 5.79. The smallest absolute Gasteiger partial charge is 0.311 e. The average molecular weight is 279 g/mol. The van der Waals surface area contributed by atoms with Crippen LogP contribution in [0.3, 0.4) is 0 Å². The van der Waals surface area contributed by atoms with Crippen LogP contribution in [0.5, 0.6) is 0 Å². The summed E-state index contributed by atoms with van der Waals surface area (Å²) >= 11 is 0.